The molecule has 2 aromatic rings. The van der Waals surface area contributed by atoms with Crippen molar-refractivity contribution in [3.63, 3.8) is 0 Å². The van der Waals surface area contributed by atoms with E-state index in [1.165, 1.54) is 5.56 Å². The van der Waals surface area contributed by atoms with Crippen molar-refractivity contribution in [3.05, 3.63) is 47.0 Å². The summed E-state index contributed by atoms with van der Waals surface area (Å²) in [6.45, 7) is 1.87. The predicted octanol–water partition coefficient (Wildman–Crippen LogP) is 3.15. The van der Waals surface area contributed by atoms with Gasteiger partial charge in [-0.05, 0) is 48.4 Å². The molecule has 3 heterocycles. The van der Waals surface area contributed by atoms with Gasteiger partial charge in [0.05, 0.1) is 6.04 Å². The van der Waals surface area contributed by atoms with Crippen molar-refractivity contribution in [1.29, 1.82) is 0 Å². The fraction of sp³-hybridized carbons (Fsp3) is 0.409. The van der Waals surface area contributed by atoms with Gasteiger partial charge in [-0.2, -0.15) is 0 Å². The number of hydrogen-bond acceptors (Lipinski definition) is 5. The minimum absolute atomic E-state index is 0.0284. The first-order valence-corrected chi connectivity index (χ1v) is 9.85. The van der Waals surface area contributed by atoms with Crippen LogP contribution in [0.25, 0.3) is 11.1 Å². The van der Waals surface area contributed by atoms with E-state index in [0.29, 0.717) is 18.5 Å². The van der Waals surface area contributed by atoms with E-state index in [4.69, 9.17) is 0 Å². The Labute approximate surface area is 164 Å². The number of nitrogens with one attached hydrogen (secondary N) is 1. The van der Waals surface area contributed by atoms with Gasteiger partial charge in [0.15, 0.2) is 0 Å². The summed E-state index contributed by atoms with van der Waals surface area (Å²) in [5.41, 5.74) is 6.26. The Kier molecular flexibility index (Phi) is 4.97. The largest absolute Gasteiger partial charge is 0.349 e. The van der Waals surface area contributed by atoms with Crippen LogP contribution in [0.2, 0.25) is 0 Å². The number of anilines is 1. The highest BCUT2D eigenvalue weighted by molar-refractivity contribution is 5.77. The summed E-state index contributed by atoms with van der Waals surface area (Å²) in [4.78, 5) is 33.9. The summed E-state index contributed by atoms with van der Waals surface area (Å²) >= 11 is 0. The van der Waals surface area contributed by atoms with Gasteiger partial charge < -0.3 is 10.2 Å². The Bertz CT molecular complexity index is 978. The molecule has 0 saturated carbocycles. The van der Waals surface area contributed by atoms with E-state index in [1.54, 1.807) is 0 Å². The van der Waals surface area contributed by atoms with Crippen molar-refractivity contribution >= 4 is 17.7 Å². The van der Waals surface area contributed by atoms with Crippen LogP contribution in [0.4, 0.5) is 5.82 Å². The molecule has 0 bridgehead atoms. The highest BCUT2D eigenvalue weighted by Crippen LogP contribution is 2.37. The third kappa shape index (κ3) is 3.20. The van der Waals surface area contributed by atoms with E-state index < -0.39 is 0 Å². The average Bonchev–Trinajstić information content (AvgIpc) is 2.73. The van der Waals surface area contributed by atoms with Crippen molar-refractivity contribution in [1.82, 2.24) is 15.3 Å². The Morgan fingerprint density at radius 3 is 2.93 bits per heavy atom. The zero-order valence-electron chi connectivity index (χ0n) is 16.3. The van der Waals surface area contributed by atoms with Crippen molar-refractivity contribution in [3.8, 4) is 11.1 Å². The van der Waals surface area contributed by atoms with Crippen LogP contribution in [0, 0.1) is 0 Å². The van der Waals surface area contributed by atoms with Gasteiger partial charge in [0.25, 0.3) is 0 Å². The Balaban J connectivity index is 1.72. The highest BCUT2D eigenvalue weighted by atomic mass is 16.1. The maximum absolute atomic E-state index is 11.9. The first-order valence-electron chi connectivity index (χ1n) is 9.85. The van der Waals surface area contributed by atoms with E-state index in [1.807, 2.05) is 43.4 Å². The summed E-state index contributed by atoms with van der Waals surface area (Å²) in [5.74, 6) is 2.90. The molecule has 0 radical (unpaired) electrons. The SMILES string of the molecule is CCC(=O)NC1CCCc2c(-c3cnc4c(c3)CCC(=C=O)N4C)cncc21. The Morgan fingerprint density at radius 2 is 2.14 bits per heavy atom. The second kappa shape index (κ2) is 7.56. The molecule has 2 aromatic heterocycles. The third-order valence-corrected chi connectivity index (χ3v) is 5.77. The van der Waals surface area contributed by atoms with Gasteiger partial charge in [0, 0.05) is 49.6 Å². The number of carbonyl (C=O) groups is 1. The Hall–Kier alpha value is -2.98. The smallest absolute Gasteiger partial charge is 0.220 e. The monoisotopic (exact) mass is 376 g/mol. The molecule has 6 nitrogen and oxygen atoms in total. The number of carbonyl (C=O) groups excluding carboxylic acids is 2. The summed E-state index contributed by atoms with van der Waals surface area (Å²) in [6.07, 6.45) is 10.5. The van der Waals surface area contributed by atoms with Gasteiger partial charge in [0.1, 0.15) is 17.5 Å². The normalized spacial score (nSPS) is 18.1. The Morgan fingerprint density at radius 1 is 1.29 bits per heavy atom. The lowest BCUT2D eigenvalue weighted by molar-refractivity contribution is -0.121. The van der Waals surface area contributed by atoms with Gasteiger partial charge in [-0.25, -0.2) is 9.78 Å². The average molecular weight is 376 g/mol. The zero-order chi connectivity index (χ0) is 19.7. The molecule has 0 spiro atoms. The van der Waals surface area contributed by atoms with E-state index in [-0.39, 0.29) is 11.9 Å². The molecule has 144 valence electrons. The van der Waals surface area contributed by atoms with E-state index in [9.17, 15) is 9.59 Å². The molecule has 6 heteroatoms. The standard InChI is InChI=1S/C22H24N4O2/c1-3-21(28)25-20-6-4-5-17-18(11-23-12-19(17)20)15-9-14-7-8-16(13-27)26(2)22(14)24-10-15/h9-12,20H,3-8H2,1-2H3,(H,25,28). The lowest BCUT2D eigenvalue weighted by Crippen LogP contribution is -2.30. The molecule has 0 saturated heterocycles. The number of rotatable bonds is 3. The predicted molar refractivity (Wildman–Crippen MR) is 108 cm³/mol. The highest BCUT2D eigenvalue weighted by Gasteiger charge is 2.26. The van der Waals surface area contributed by atoms with Crippen molar-refractivity contribution in [2.75, 3.05) is 11.9 Å². The number of hydrogen-bond donors (Lipinski definition) is 1. The summed E-state index contributed by atoms with van der Waals surface area (Å²) in [7, 11) is 1.86. The first kappa shape index (κ1) is 18.4. The molecule has 28 heavy (non-hydrogen) atoms. The van der Waals surface area contributed by atoms with Gasteiger partial charge in [-0.3, -0.25) is 9.78 Å². The number of nitrogens with zero attached hydrogens (tertiary/aromatic N) is 3. The maximum Gasteiger partial charge on any atom is 0.220 e. The van der Waals surface area contributed by atoms with Gasteiger partial charge >= 0.3 is 0 Å². The topological polar surface area (TPSA) is 75.2 Å². The maximum atomic E-state index is 11.9. The molecule has 4 rings (SSSR count). The van der Waals surface area contributed by atoms with Crippen LogP contribution in [-0.2, 0) is 22.4 Å². The van der Waals surface area contributed by atoms with E-state index >= 15 is 0 Å². The van der Waals surface area contributed by atoms with Crippen LogP contribution in [0.1, 0.15) is 55.3 Å². The molecule has 0 aromatic carbocycles. The van der Waals surface area contributed by atoms with Crippen molar-refractivity contribution < 1.29 is 9.59 Å². The first-order chi connectivity index (χ1) is 13.6. The quantitative estimate of drug-likeness (QED) is 0.833. The molecule has 0 fully saturated rings. The van der Waals surface area contributed by atoms with Crippen LogP contribution >= 0.6 is 0 Å². The minimum atomic E-state index is 0.0284. The fourth-order valence-corrected chi connectivity index (χ4v) is 4.22. The molecule has 1 atom stereocenters. The number of allylic oxidation sites excluding steroid dienone is 1. The molecule has 2 aliphatic rings. The number of fused-ring (bicyclic) bond motifs is 2. The molecular weight excluding hydrogens is 352 g/mol. The van der Waals surface area contributed by atoms with Crippen LogP contribution < -0.4 is 10.2 Å². The van der Waals surface area contributed by atoms with E-state index in [2.05, 4.69) is 21.4 Å². The van der Waals surface area contributed by atoms with Crippen LogP contribution in [0.3, 0.4) is 0 Å². The number of aromatic nitrogens is 2. The molecule has 1 aliphatic heterocycles. The van der Waals surface area contributed by atoms with Gasteiger partial charge in [-0.1, -0.05) is 6.92 Å². The summed E-state index contributed by atoms with van der Waals surface area (Å²) in [5, 5.41) is 3.13. The van der Waals surface area contributed by atoms with Crippen LogP contribution in [-0.4, -0.2) is 28.9 Å². The molecular formula is C22H24N4O2. The summed E-state index contributed by atoms with van der Waals surface area (Å²) < 4.78 is 0. The van der Waals surface area contributed by atoms with Gasteiger partial charge in [0.2, 0.25) is 5.91 Å². The van der Waals surface area contributed by atoms with Crippen molar-refractivity contribution in [2.24, 2.45) is 0 Å². The van der Waals surface area contributed by atoms with Crippen molar-refractivity contribution in [2.45, 2.75) is 51.5 Å². The van der Waals surface area contributed by atoms with Crippen LogP contribution in [0.5, 0.6) is 0 Å². The third-order valence-electron chi connectivity index (χ3n) is 5.77. The minimum Gasteiger partial charge on any atom is -0.349 e. The number of pyridine rings is 2. The second-order valence-corrected chi connectivity index (χ2v) is 7.44. The van der Waals surface area contributed by atoms with Crippen LogP contribution in [0.15, 0.2) is 30.4 Å². The fourth-order valence-electron chi connectivity index (χ4n) is 4.22. The number of aryl methyl sites for hydroxylation is 1. The lowest BCUT2D eigenvalue weighted by atomic mass is 9.84. The second-order valence-electron chi connectivity index (χ2n) is 7.44. The molecule has 1 amide bonds. The summed E-state index contributed by atoms with van der Waals surface area (Å²) in [6, 6.07) is 2.19. The zero-order valence-corrected chi connectivity index (χ0v) is 16.3. The molecule has 1 aliphatic carbocycles. The lowest BCUT2D eigenvalue weighted by Gasteiger charge is -2.29. The number of amides is 1. The van der Waals surface area contributed by atoms with E-state index in [0.717, 1.165) is 53.8 Å². The van der Waals surface area contributed by atoms with Gasteiger partial charge in [-0.15, -0.1) is 0 Å². The molecule has 1 N–H and O–H groups in total. The molecule has 1 unspecified atom stereocenters.